The molecule has 0 spiro atoms. The van der Waals surface area contributed by atoms with Gasteiger partial charge in [0.2, 0.25) is 5.91 Å². The Kier molecular flexibility index (Phi) is 5.28. The largest absolute Gasteiger partial charge is 0.397 e. The number of nitrogens with two attached hydrogens (primary N) is 1. The van der Waals surface area contributed by atoms with E-state index in [1.807, 2.05) is 23.7 Å². The maximum Gasteiger partial charge on any atom is 0.230 e. The number of nitrogen functional groups attached to an aromatic ring is 1. The number of thiophene rings is 1. The molecule has 27 heavy (non-hydrogen) atoms. The van der Waals surface area contributed by atoms with E-state index in [0.717, 1.165) is 34.5 Å². The Morgan fingerprint density at radius 1 is 1.52 bits per heavy atom. The first kappa shape index (κ1) is 18.2. The van der Waals surface area contributed by atoms with Crippen molar-refractivity contribution in [1.29, 1.82) is 0 Å². The second kappa shape index (κ2) is 7.83. The normalized spacial score (nSPS) is 16.9. The van der Waals surface area contributed by atoms with Gasteiger partial charge in [0.05, 0.1) is 22.4 Å². The zero-order valence-corrected chi connectivity index (χ0v) is 16.5. The smallest absolute Gasteiger partial charge is 0.230 e. The quantitative estimate of drug-likeness (QED) is 0.605. The molecule has 0 bridgehead atoms. The highest BCUT2D eigenvalue weighted by Crippen LogP contribution is 2.39. The molecule has 10 heteroatoms. The van der Waals surface area contributed by atoms with Crippen molar-refractivity contribution in [3.8, 4) is 10.7 Å². The first-order valence-electron chi connectivity index (χ1n) is 8.67. The van der Waals surface area contributed by atoms with E-state index < -0.39 is 0 Å². The molecule has 0 aromatic carbocycles. The Morgan fingerprint density at radius 2 is 2.41 bits per heavy atom. The van der Waals surface area contributed by atoms with Crippen molar-refractivity contribution in [2.45, 2.75) is 24.1 Å². The fourth-order valence-corrected chi connectivity index (χ4v) is 4.79. The van der Waals surface area contributed by atoms with Gasteiger partial charge in [0.1, 0.15) is 4.83 Å². The SMILES string of the molecule is Cn1c(SCC(=O)NC[C@@H]2CCCO2)nnc1-c1sc2ncccc2c1N. The molecule has 0 unspecified atom stereocenters. The standard InChI is InChI=1S/C17H20N6O2S2/c1-23-15(14-13(18)11-5-2-6-19-16(11)27-14)21-22-17(23)26-9-12(24)20-8-10-4-3-7-25-10/h2,5-6,10H,3-4,7-9,18H2,1H3,(H,20,24)/t10-/m0/s1. The molecule has 1 atom stereocenters. The number of hydrogen-bond donors (Lipinski definition) is 2. The molecule has 0 aliphatic carbocycles. The van der Waals surface area contributed by atoms with Crippen molar-refractivity contribution in [3.05, 3.63) is 18.3 Å². The van der Waals surface area contributed by atoms with Gasteiger partial charge in [-0.2, -0.15) is 0 Å². The summed E-state index contributed by atoms with van der Waals surface area (Å²) in [6.45, 7) is 1.35. The van der Waals surface area contributed by atoms with Crippen LogP contribution in [0.3, 0.4) is 0 Å². The van der Waals surface area contributed by atoms with E-state index in [1.165, 1.54) is 23.1 Å². The fourth-order valence-electron chi connectivity index (χ4n) is 2.97. The molecule has 1 aliphatic heterocycles. The molecule has 4 rings (SSSR count). The average molecular weight is 405 g/mol. The molecule has 1 amide bonds. The van der Waals surface area contributed by atoms with Crippen LogP contribution in [0.2, 0.25) is 0 Å². The lowest BCUT2D eigenvalue weighted by atomic mass is 10.2. The molecule has 3 aromatic heterocycles. The lowest BCUT2D eigenvalue weighted by Crippen LogP contribution is -2.32. The Labute approximate surface area is 164 Å². The Hall–Kier alpha value is -2.17. The van der Waals surface area contributed by atoms with Gasteiger partial charge in [-0.25, -0.2) is 4.98 Å². The molecule has 1 fully saturated rings. The van der Waals surface area contributed by atoms with E-state index >= 15 is 0 Å². The highest BCUT2D eigenvalue weighted by molar-refractivity contribution is 7.99. The van der Waals surface area contributed by atoms with Crippen LogP contribution in [0.1, 0.15) is 12.8 Å². The van der Waals surface area contributed by atoms with Crippen LogP contribution >= 0.6 is 23.1 Å². The van der Waals surface area contributed by atoms with Crippen molar-refractivity contribution >= 4 is 44.9 Å². The van der Waals surface area contributed by atoms with Crippen molar-refractivity contribution < 1.29 is 9.53 Å². The van der Waals surface area contributed by atoms with Gasteiger partial charge in [0.15, 0.2) is 11.0 Å². The maximum absolute atomic E-state index is 12.1. The summed E-state index contributed by atoms with van der Waals surface area (Å²) >= 11 is 2.84. The number of amides is 1. The summed E-state index contributed by atoms with van der Waals surface area (Å²) in [5.41, 5.74) is 6.93. The van der Waals surface area contributed by atoms with Gasteiger partial charge in [0, 0.05) is 31.8 Å². The molecular weight excluding hydrogens is 384 g/mol. The van der Waals surface area contributed by atoms with Crippen LogP contribution in [0.5, 0.6) is 0 Å². The summed E-state index contributed by atoms with van der Waals surface area (Å²) in [5, 5.41) is 13.0. The van der Waals surface area contributed by atoms with Crippen LogP contribution in [-0.2, 0) is 16.6 Å². The van der Waals surface area contributed by atoms with Crippen molar-refractivity contribution in [2.75, 3.05) is 24.6 Å². The van der Waals surface area contributed by atoms with Gasteiger partial charge >= 0.3 is 0 Å². The van der Waals surface area contributed by atoms with Crippen LogP contribution in [-0.4, -0.2) is 50.7 Å². The first-order chi connectivity index (χ1) is 13.1. The first-order valence-corrected chi connectivity index (χ1v) is 10.5. The number of hydrogen-bond acceptors (Lipinski definition) is 8. The second-order valence-electron chi connectivity index (χ2n) is 6.29. The third-order valence-corrected chi connectivity index (χ3v) is 6.57. The van der Waals surface area contributed by atoms with Gasteiger partial charge in [-0.1, -0.05) is 11.8 Å². The lowest BCUT2D eigenvalue weighted by molar-refractivity contribution is -0.119. The molecule has 0 radical (unpaired) electrons. The topological polar surface area (TPSA) is 108 Å². The minimum atomic E-state index is -0.0365. The molecule has 1 saturated heterocycles. The summed E-state index contributed by atoms with van der Waals surface area (Å²) in [7, 11) is 1.87. The van der Waals surface area contributed by atoms with E-state index in [1.54, 1.807) is 6.20 Å². The number of anilines is 1. The number of thioether (sulfide) groups is 1. The van der Waals surface area contributed by atoms with Crippen molar-refractivity contribution in [2.24, 2.45) is 7.05 Å². The molecule has 0 saturated carbocycles. The number of pyridine rings is 1. The van der Waals surface area contributed by atoms with E-state index in [2.05, 4.69) is 20.5 Å². The summed E-state index contributed by atoms with van der Waals surface area (Å²) < 4.78 is 7.37. The average Bonchev–Trinajstić information content (AvgIpc) is 3.39. The summed E-state index contributed by atoms with van der Waals surface area (Å²) in [6.07, 6.45) is 3.96. The fraction of sp³-hybridized carbons (Fsp3) is 0.412. The van der Waals surface area contributed by atoms with Crippen LogP contribution in [0.4, 0.5) is 5.69 Å². The number of fused-ring (bicyclic) bond motifs is 1. The predicted octanol–water partition coefficient (Wildman–Crippen LogP) is 2.06. The molecule has 142 valence electrons. The zero-order chi connectivity index (χ0) is 18.8. The number of ether oxygens (including phenoxy) is 1. The third-order valence-electron chi connectivity index (χ3n) is 4.43. The summed E-state index contributed by atoms with van der Waals surface area (Å²) in [6, 6.07) is 3.81. The molecular formula is C17H20N6O2S2. The van der Waals surface area contributed by atoms with Gasteiger partial charge in [0.25, 0.3) is 0 Å². The van der Waals surface area contributed by atoms with Gasteiger partial charge < -0.3 is 20.4 Å². The van der Waals surface area contributed by atoms with Crippen LogP contribution < -0.4 is 11.1 Å². The Balaban J connectivity index is 1.42. The Morgan fingerprint density at radius 3 is 3.19 bits per heavy atom. The molecule has 4 heterocycles. The summed E-state index contributed by atoms with van der Waals surface area (Å²) in [5.74, 6) is 0.922. The summed E-state index contributed by atoms with van der Waals surface area (Å²) in [4.78, 5) is 18.1. The molecule has 3 N–H and O–H groups in total. The van der Waals surface area contributed by atoms with Crippen molar-refractivity contribution in [1.82, 2.24) is 25.1 Å². The zero-order valence-electron chi connectivity index (χ0n) is 14.8. The number of nitrogens with one attached hydrogen (secondary N) is 1. The van der Waals surface area contributed by atoms with E-state index in [9.17, 15) is 4.79 Å². The second-order valence-corrected chi connectivity index (χ2v) is 8.24. The van der Waals surface area contributed by atoms with E-state index in [0.29, 0.717) is 23.2 Å². The number of rotatable bonds is 6. The van der Waals surface area contributed by atoms with Crippen LogP contribution in [0.25, 0.3) is 20.9 Å². The monoisotopic (exact) mass is 404 g/mol. The number of carbonyl (C=O) groups is 1. The van der Waals surface area contributed by atoms with Gasteiger partial charge in [-0.3, -0.25) is 4.79 Å². The van der Waals surface area contributed by atoms with Gasteiger partial charge in [-0.05, 0) is 25.0 Å². The number of aromatic nitrogens is 4. The number of nitrogens with zero attached hydrogens (tertiary/aromatic N) is 4. The van der Waals surface area contributed by atoms with Crippen LogP contribution in [0.15, 0.2) is 23.5 Å². The number of carbonyl (C=O) groups excluding carboxylic acids is 1. The molecule has 3 aromatic rings. The minimum Gasteiger partial charge on any atom is -0.397 e. The highest BCUT2D eigenvalue weighted by atomic mass is 32.2. The van der Waals surface area contributed by atoms with Gasteiger partial charge in [-0.15, -0.1) is 21.5 Å². The predicted molar refractivity (Wildman–Crippen MR) is 107 cm³/mol. The maximum atomic E-state index is 12.1. The lowest BCUT2D eigenvalue weighted by Gasteiger charge is -2.10. The highest BCUT2D eigenvalue weighted by Gasteiger charge is 2.20. The van der Waals surface area contributed by atoms with Crippen LogP contribution in [0, 0.1) is 0 Å². The minimum absolute atomic E-state index is 0.0365. The third kappa shape index (κ3) is 3.78. The van der Waals surface area contributed by atoms with E-state index in [-0.39, 0.29) is 17.8 Å². The van der Waals surface area contributed by atoms with E-state index in [4.69, 9.17) is 10.5 Å². The Bertz CT molecular complexity index is 964. The van der Waals surface area contributed by atoms with Crippen molar-refractivity contribution in [3.63, 3.8) is 0 Å². The molecule has 1 aliphatic rings. The molecule has 8 nitrogen and oxygen atoms in total.